The van der Waals surface area contributed by atoms with Crippen LogP contribution in [0.4, 0.5) is 18.9 Å². The highest BCUT2D eigenvalue weighted by atomic mass is 35.5. The first kappa shape index (κ1) is 17.9. The largest absolute Gasteiger partial charge is 0.495 e. The van der Waals surface area contributed by atoms with Gasteiger partial charge in [0.25, 0.3) is 0 Å². The van der Waals surface area contributed by atoms with Gasteiger partial charge in [-0.1, -0.05) is 23.7 Å². The molecule has 0 atom stereocenters. The highest BCUT2D eigenvalue weighted by molar-refractivity contribution is 6.31. The molecule has 0 spiro atoms. The Morgan fingerprint density at radius 3 is 2.62 bits per heavy atom. The maximum atomic E-state index is 12.6. The molecular formula is C17H13ClF3NO2. The average molecular weight is 356 g/mol. The Hall–Kier alpha value is -2.47. The number of benzene rings is 2. The minimum atomic E-state index is -4.43. The second-order valence-corrected chi connectivity index (χ2v) is 5.23. The number of carbonyl (C=O) groups excluding carboxylic acids is 1. The fraction of sp³-hybridized carbons (Fsp3) is 0.118. The Kier molecular flexibility index (Phi) is 5.51. The number of alkyl halides is 3. The summed E-state index contributed by atoms with van der Waals surface area (Å²) in [5, 5.41) is 2.97. The summed E-state index contributed by atoms with van der Waals surface area (Å²) in [6.45, 7) is 0. The van der Waals surface area contributed by atoms with E-state index in [9.17, 15) is 18.0 Å². The van der Waals surface area contributed by atoms with Gasteiger partial charge in [0.1, 0.15) is 5.75 Å². The van der Waals surface area contributed by atoms with E-state index in [0.29, 0.717) is 16.5 Å². The van der Waals surface area contributed by atoms with E-state index >= 15 is 0 Å². The zero-order chi connectivity index (χ0) is 17.7. The van der Waals surface area contributed by atoms with Crippen LogP contribution < -0.4 is 10.1 Å². The SMILES string of the molecule is COc1ccc(Cl)cc1NC(=O)/C=C/c1cccc(C(F)(F)F)c1. The van der Waals surface area contributed by atoms with Crippen LogP contribution in [0.1, 0.15) is 11.1 Å². The minimum Gasteiger partial charge on any atom is -0.495 e. The first-order chi connectivity index (χ1) is 11.3. The predicted molar refractivity (Wildman–Crippen MR) is 87.1 cm³/mol. The van der Waals surface area contributed by atoms with Crippen LogP contribution in [0.25, 0.3) is 6.08 Å². The number of anilines is 1. The van der Waals surface area contributed by atoms with Gasteiger partial charge in [-0.3, -0.25) is 4.79 Å². The van der Waals surface area contributed by atoms with Crippen LogP contribution in [0.5, 0.6) is 5.75 Å². The lowest BCUT2D eigenvalue weighted by atomic mass is 10.1. The predicted octanol–water partition coefficient (Wildman–Crippen LogP) is 5.02. The van der Waals surface area contributed by atoms with Crippen molar-refractivity contribution in [3.8, 4) is 5.75 Å². The molecule has 1 amide bonds. The summed E-state index contributed by atoms with van der Waals surface area (Å²) in [6.07, 6.45) is -2.00. The van der Waals surface area contributed by atoms with Gasteiger partial charge in [-0.15, -0.1) is 0 Å². The van der Waals surface area contributed by atoms with Crippen molar-refractivity contribution in [3.05, 3.63) is 64.7 Å². The van der Waals surface area contributed by atoms with Crippen molar-refractivity contribution in [2.24, 2.45) is 0 Å². The molecular weight excluding hydrogens is 343 g/mol. The van der Waals surface area contributed by atoms with Crippen molar-refractivity contribution in [1.29, 1.82) is 0 Å². The zero-order valence-electron chi connectivity index (χ0n) is 12.5. The number of ether oxygens (including phenoxy) is 1. The van der Waals surface area contributed by atoms with Crippen molar-refractivity contribution in [2.45, 2.75) is 6.18 Å². The first-order valence-electron chi connectivity index (χ1n) is 6.79. The van der Waals surface area contributed by atoms with Gasteiger partial charge in [0.15, 0.2) is 0 Å². The smallest absolute Gasteiger partial charge is 0.416 e. The van der Waals surface area contributed by atoms with Gasteiger partial charge in [0, 0.05) is 11.1 Å². The molecule has 0 bridgehead atoms. The van der Waals surface area contributed by atoms with Crippen LogP contribution in [0, 0.1) is 0 Å². The standard InChI is InChI=1S/C17H13ClF3NO2/c1-24-15-7-6-13(18)10-14(15)22-16(23)8-5-11-3-2-4-12(9-11)17(19,20)21/h2-10H,1H3,(H,22,23)/b8-5+. The lowest BCUT2D eigenvalue weighted by molar-refractivity contribution is -0.137. The van der Waals surface area contributed by atoms with Crippen LogP contribution in [0.15, 0.2) is 48.5 Å². The number of amides is 1. The summed E-state index contributed by atoms with van der Waals surface area (Å²) in [5.74, 6) is -0.104. The van der Waals surface area contributed by atoms with Crippen LogP contribution in [0.2, 0.25) is 5.02 Å². The molecule has 0 saturated carbocycles. The molecule has 0 aliphatic rings. The van der Waals surface area contributed by atoms with Gasteiger partial charge in [0.2, 0.25) is 5.91 Å². The van der Waals surface area contributed by atoms with E-state index in [4.69, 9.17) is 16.3 Å². The zero-order valence-corrected chi connectivity index (χ0v) is 13.3. The van der Waals surface area contributed by atoms with E-state index in [1.54, 1.807) is 12.1 Å². The summed E-state index contributed by atoms with van der Waals surface area (Å²) in [7, 11) is 1.44. The Morgan fingerprint density at radius 2 is 1.96 bits per heavy atom. The molecule has 7 heteroatoms. The second-order valence-electron chi connectivity index (χ2n) is 4.79. The molecule has 24 heavy (non-hydrogen) atoms. The number of methoxy groups -OCH3 is 1. The summed E-state index contributed by atoms with van der Waals surface area (Å²) in [6, 6.07) is 9.39. The number of hydrogen-bond donors (Lipinski definition) is 1. The average Bonchev–Trinajstić information content (AvgIpc) is 2.53. The second kappa shape index (κ2) is 7.40. The quantitative estimate of drug-likeness (QED) is 0.782. The number of hydrogen-bond acceptors (Lipinski definition) is 2. The normalized spacial score (nSPS) is 11.5. The van der Waals surface area contributed by atoms with Gasteiger partial charge in [0.05, 0.1) is 18.4 Å². The third-order valence-corrected chi connectivity index (χ3v) is 3.30. The highest BCUT2D eigenvalue weighted by Gasteiger charge is 2.30. The first-order valence-corrected chi connectivity index (χ1v) is 7.17. The van der Waals surface area contributed by atoms with Gasteiger partial charge in [-0.25, -0.2) is 0 Å². The Balaban J connectivity index is 2.13. The van der Waals surface area contributed by atoms with Crippen molar-refractivity contribution in [1.82, 2.24) is 0 Å². The molecule has 0 fully saturated rings. The molecule has 0 heterocycles. The Labute approximate surface area is 141 Å². The molecule has 0 unspecified atom stereocenters. The fourth-order valence-corrected chi connectivity index (χ4v) is 2.11. The van der Waals surface area contributed by atoms with Gasteiger partial charge < -0.3 is 10.1 Å². The number of rotatable bonds is 4. The number of halogens is 4. The molecule has 2 aromatic rings. The molecule has 126 valence electrons. The molecule has 2 aromatic carbocycles. The third-order valence-electron chi connectivity index (χ3n) is 3.06. The van der Waals surface area contributed by atoms with E-state index in [1.165, 1.54) is 31.4 Å². The molecule has 0 aliphatic heterocycles. The topological polar surface area (TPSA) is 38.3 Å². The van der Waals surface area contributed by atoms with Gasteiger partial charge in [-0.05, 0) is 42.0 Å². The van der Waals surface area contributed by atoms with Crippen LogP contribution in [0.3, 0.4) is 0 Å². The highest BCUT2D eigenvalue weighted by Crippen LogP contribution is 2.30. The van der Waals surface area contributed by atoms with Crippen LogP contribution >= 0.6 is 11.6 Å². The van der Waals surface area contributed by atoms with E-state index in [0.717, 1.165) is 18.2 Å². The summed E-state index contributed by atoms with van der Waals surface area (Å²) in [4.78, 5) is 11.9. The molecule has 0 saturated heterocycles. The van der Waals surface area contributed by atoms with E-state index < -0.39 is 17.6 Å². The number of carbonyl (C=O) groups is 1. The van der Waals surface area contributed by atoms with Gasteiger partial charge >= 0.3 is 6.18 Å². The van der Waals surface area contributed by atoms with Crippen LogP contribution in [-0.2, 0) is 11.0 Å². The lowest BCUT2D eigenvalue weighted by Crippen LogP contribution is -2.09. The summed E-state index contributed by atoms with van der Waals surface area (Å²) < 4.78 is 43.0. The summed E-state index contributed by atoms with van der Waals surface area (Å²) >= 11 is 5.86. The van der Waals surface area contributed by atoms with Gasteiger partial charge in [-0.2, -0.15) is 13.2 Å². The van der Waals surface area contributed by atoms with Crippen molar-refractivity contribution >= 4 is 29.3 Å². The monoisotopic (exact) mass is 355 g/mol. The molecule has 1 N–H and O–H groups in total. The minimum absolute atomic E-state index is 0.262. The van der Waals surface area contributed by atoms with Crippen molar-refractivity contribution in [2.75, 3.05) is 12.4 Å². The third kappa shape index (κ3) is 4.76. The van der Waals surface area contributed by atoms with E-state index in [-0.39, 0.29) is 5.56 Å². The molecule has 3 nitrogen and oxygen atoms in total. The number of nitrogens with one attached hydrogen (secondary N) is 1. The Bertz CT molecular complexity index is 773. The van der Waals surface area contributed by atoms with E-state index in [2.05, 4.69) is 5.32 Å². The maximum Gasteiger partial charge on any atom is 0.416 e. The van der Waals surface area contributed by atoms with E-state index in [1.807, 2.05) is 0 Å². The maximum absolute atomic E-state index is 12.6. The lowest BCUT2D eigenvalue weighted by Gasteiger charge is -2.09. The molecule has 0 aromatic heterocycles. The molecule has 2 rings (SSSR count). The van der Waals surface area contributed by atoms with Crippen LogP contribution in [-0.4, -0.2) is 13.0 Å². The fourth-order valence-electron chi connectivity index (χ4n) is 1.94. The van der Waals surface area contributed by atoms with Crippen molar-refractivity contribution in [3.63, 3.8) is 0 Å². The van der Waals surface area contributed by atoms with Crippen molar-refractivity contribution < 1.29 is 22.7 Å². The Morgan fingerprint density at radius 1 is 1.21 bits per heavy atom. The summed E-state index contributed by atoms with van der Waals surface area (Å²) in [5.41, 5.74) is -0.150. The molecule has 0 radical (unpaired) electrons. The molecule has 0 aliphatic carbocycles.